The standard InChI is InChI=1S/C8H14N2O2/c11-8-10-5-7(12-8)6-1-3-9-4-2-6/h6-7,9H,1-5H2,(H,10,11)/t7-/m1/s1. The highest BCUT2D eigenvalue weighted by atomic mass is 16.6. The van der Waals surface area contributed by atoms with Crippen LogP contribution in [0.1, 0.15) is 12.8 Å². The van der Waals surface area contributed by atoms with E-state index < -0.39 is 0 Å². The summed E-state index contributed by atoms with van der Waals surface area (Å²) in [4.78, 5) is 10.7. The summed E-state index contributed by atoms with van der Waals surface area (Å²) in [7, 11) is 0. The van der Waals surface area contributed by atoms with Crippen molar-refractivity contribution in [2.45, 2.75) is 18.9 Å². The second-order valence-corrected chi connectivity index (χ2v) is 3.41. The molecule has 0 aliphatic carbocycles. The van der Waals surface area contributed by atoms with Gasteiger partial charge in [0.1, 0.15) is 6.10 Å². The molecule has 1 amide bonds. The topological polar surface area (TPSA) is 50.4 Å². The third-order valence-corrected chi connectivity index (χ3v) is 2.62. The molecule has 2 aliphatic heterocycles. The highest BCUT2D eigenvalue weighted by Gasteiger charge is 2.31. The van der Waals surface area contributed by atoms with Gasteiger partial charge >= 0.3 is 6.09 Å². The molecule has 0 aromatic heterocycles. The van der Waals surface area contributed by atoms with Gasteiger partial charge in [0.2, 0.25) is 0 Å². The number of hydrogen-bond donors (Lipinski definition) is 2. The molecule has 0 unspecified atom stereocenters. The maximum Gasteiger partial charge on any atom is 0.407 e. The molecular formula is C8H14N2O2. The van der Waals surface area contributed by atoms with Crippen LogP contribution >= 0.6 is 0 Å². The molecule has 12 heavy (non-hydrogen) atoms. The number of nitrogens with one attached hydrogen (secondary N) is 2. The molecule has 2 aliphatic rings. The fraction of sp³-hybridized carbons (Fsp3) is 0.875. The van der Waals surface area contributed by atoms with E-state index >= 15 is 0 Å². The minimum absolute atomic E-state index is 0.125. The van der Waals surface area contributed by atoms with Gasteiger partial charge in [-0.3, -0.25) is 0 Å². The van der Waals surface area contributed by atoms with Crippen molar-refractivity contribution in [3.63, 3.8) is 0 Å². The first-order valence-corrected chi connectivity index (χ1v) is 4.51. The van der Waals surface area contributed by atoms with E-state index in [1.54, 1.807) is 0 Å². The largest absolute Gasteiger partial charge is 0.444 e. The number of carbonyl (C=O) groups excluding carboxylic acids is 1. The Morgan fingerprint density at radius 2 is 2.08 bits per heavy atom. The van der Waals surface area contributed by atoms with Gasteiger partial charge in [0, 0.05) is 5.92 Å². The Morgan fingerprint density at radius 3 is 2.67 bits per heavy atom. The van der Waals surface area contributed by atoms with Crippen molar-refractivity contribution < 1.29 is 9.53 Å². The molecule has 0 radical (unpaired) electrons. The van der Waals surface area contributed by atoms with Crippen molar-refractivity contribution >= 4 is 6.09 Å². The fourth-order valence-corrected chi connectivity index (χ4v) is 1.88. The zero-order valence-electron chi connectivity index (χ0n) is 7.01. The molecular weight excluding hydrogens is 156 g/mol. The van der Waals surface area contributed by atoms with Crippen molar-refractivity contribution in [3.05, 3.63) is 0 Å². The van der Waals surface area contributed by atoms with Gasteiger partial charge in [0.05, 0.1) is 6.54 Å². The van der Waals surface area contributed by atoms with Gasteiger partial charge in [-0.15, -0.1) is 0 Å². The van der Waals surface area contributed by atoms with Crippen molar-refractivity contribution in [2.24, 2.45) is 5.92 Å². The monoisotopic (exact) mass is 170 g/mol. The Morgan fingerprint density at radius 1 is 1.33 bits per heavy atom. The highest BCUT2D eigenvalue weighted by molar-refractivity contribution is 5.69. The predicted octanol–water partition coefficient (Wildman–Crippen LogP) is 0.0944. The minimum Gasteiger partial charge on any atom is -0.444 e. The number of hydrogen-bond acceptors (Lipinski definition) is 3. The summed E-state index contributed by atoms with van der Waals surface area (Å²) < 4.78 is 5.12. The van der Waals surface area contributed by atoms with Crippen LogP contribution in [0.15, 0.2) is 0 Å². The van der Waals surface area contributed by atoms with Crippen LogP contribution in [0.4, 0.5) is 4.79 Å². The molecule has 2 fully saturated rings. The lowest BCUT2D eigenvalue weighted by Crippen LogP contribution is -2.35. The van der Waals surface area contributed by atoms with Crippen LogP contribution in [0.25, 0.3) is 0 Å². The van der Waals surface area contributed by atoms with E-state index in [1.807, 2.05) is 0 Å². The van der Waals surface area contributed by atoms with E-state index in [0.717, 1.165) is 25.9 Å². The van der Waals surface area contributed by atoms with Crippen molar-refractivity contribution in [1.82, 2.24) is 10.6 Å². The zero-order valence-corrected chi connectivity index (χ0v) is 7.01. The molecule has 2 heterocycles. The maximum absolute atomic E-state index is 10.7. The van der Waals surface area contributed by atoms with Gasteiger partial charge in [0.25, 0.3) is 0 Å². The lowest BCUT2D eigenvalue weighted by Gasteiger charge is -2.25. The van der Waals surface area contributed by atoms with Crippen LogP contribution in [0, 0.1) is 5.92 Å². The van der Waals surface area contributed by atoms with Crippen LogP contribution in [-0.4, -0.2) is 31.8 Å². The summed E-state index contributed by atoms with van der Waals surface area (Å²) in [6.45, 7) is 2.81. The molecule has 0 spiro atoms. The molecule has 2 saturated heterocycles. The molecule has 0 bridgehead atoms. The average molecular weight is 170 g/mol. The van der Waals surface area contributed by atoms with E-state index in [-0.39, 0.29) is 12.2 Å². The maximum atomic E-state index is 10.7. The first-order valence-electron chi connectivity index (χ1n) is 4.51. The SMILES string of the molecule is O=C1NC[C@H](C2CCNCC2)O1. The van der Waals surface area contributed by atoms with Crippen molar-refractivity contribution in [1.29, 1.82) is 0 Å². The van der Waals surface area contributed by atoms with Gasteiger partial charge in [0.15, 0.2) is 0 Å². The molecule has 0 aromatic carbocycles. The van der Waals surface area contributed by atoms with Crippen molar-refractivity contribution in [2.75, 3.05) is 19.6 Å². The molecule has 4 nitrogen and oxygen atoms in total. The first-order chi connectivity index (χ1) is 5.86. The average Bonchev–Trinajstić information content (AvgIpc) is 2.54. The Labute approximate surface area is 71.7 Å². The van der Waals surface area contributed by atoms with E-state index in [4.69, 9.17) is 4.74 Å². The van der Waals surface area contributed by atoms with Gasteiger partial charge in [-0.1, -0.05) is 0 Å². The van der Waals surface area contributed by atoms with E-state index in [9.17, 15) is 4.79 Å². The number of piperidine rings is 1. The van der Waals surface area contributed by atoms with Crippen molar-refractivity contribution in [3.8, 4) is 0 Å². The predicted molar refractivity (Wildman–Crippen MR) is 43.9 cm³/mol. The zero-order chi connectivity index (χ0) is 8.39. The first kappa shape index (κ1) is 7.86. The number of amides is 1. The summed E-state index contributed by atoms with van der Waals surface area (Å²) in [5.74, 6) is 0.560. The molecule has 1 atom stereocenters. The van der Waals surface area contributed by atoms with Crippen LogP contribution in [-0.2, 0) is 4.74 Å². The number of ether oxygens (including phenoxy) is 1. The lowest BCUT2D eigenvalue weighted by atomic mass is 9.92. The quantitative estimate of drug-likeness (QED) is 0.586. The molecule has 2 N–H and O–H groups in total. The number of carbonyl (C=O) groups is 1. The normalized spacial score (nSPS) is 31.3. The second-order valence-electron chi connectivity index (χ2n) is 3.41. The summed E-state index contributed by atoms with van der Waals surface area (Å²) in [5, 5.41) is 5.97. The lowest BCUT2D eigenvalue weighted by molar-refractivity contribution is 0.0917. The van der Waals surface area contributed by atoms with E-state index in [2.05, 4.69) is 10.6 Å². The summed E-state index contributed by atoms with van der Waals surface area (Å²) in [6, 6.07) is 0. The third kappa shape index (κ3) is 1.53. The second kappa shape index (κ2) is 3.31. The highest BCUT2D eigenvalue weighted by Crippen LogP contribution is 2.20. The summed E-state index contributed by atoms with van der Waals surface area (Å²) in [5.41, 5.74) is 0. The number of alkyl carbamates (subject to hydrolysis) is 1. The molecule has 0 saturated carbocycles. The van der Waals surface area contributed by atoms with Gasteiger partial charge in [-0.25, -0.2) is 4.79 Å². The van der Waals surface area contributed by atoms with Crippen LogP contribution in [0.3, 0.4) is 0 Å². The molecule has 2 rings (SSSR count). The van der Waals surface area contributed by atoms with Crippen LogP contribution in [0.5, 0.6) is 0 Å². The fourth-order valence-electron chi connectivity index (χ4n) is 1.88. The Balaban J connectivity index is 1.86. The third-order valence-electron chi connectivity index (χ3n) is 2.62. The molecule has 68 valence electrons. The van der Waals surface area contributed by atoms with Gasteiger partial charge in [-0.2, -0.15) is 0 Å². The van der Waals surface area contributed by atoms with E-state index in [0.29, 0.717) is 12.5 Å². The van der Waals surface area contributed by atoms with Gasteiger partial charge in [-0.05, 0) is 25.9 Å². The number of cyclic esters (lactones) is 1. The Kier molecular flexibility index (Phi) is 2.17. The molecule has 0 aromatic rings. The Bertz CT molecular complexity index is 178. The number of rotatable bonds is 1. The minimum atomic E-state index is -0.251. The molecule has 4 heteroatoms. The Hall–Kier alpha value is -0.770. The summed E-state index contributed by atoms with van der Waals surface area (Å²) in [6.07, 6.45) is 2.12. The smallest absolute Gasteiger partial charge is 0.407 e. The van der Waals surface area contributed by atoms with Gasteiger partial charge < -0.3 is 15.4 Å². The summed E-state index contributed by atoms with van der Waals surface area (Å²) >= 11 is 0. The van der Waals surface area contributed by atoms with E-state index in [1.165, 1.54) is 0 Å². The van der Waals surface area contributed by atoms with Crippen LogP contribution < -0.4 is 10.6 Å². The van der Waals surface area contributed by atoms with Crippen LogP contribution in [0.2, 0.25) is 0 Å².